The van der Waals surface area contributed by atoms with Crippen molar-refractivity contribution in [3.8, 4) is 5.75 Å². The third-order valence-electron chi connectivity index (χ3n) is 11.5. The highest BCUT2D eigenvalue weighted by atomic mass is 16.5. The van der Waals surface area contributed by atoms with E-state index in [1.165, 1.54) is 17.6 Å². The van der Waals surface area contributed by atoms with Gasteiger partial charge < -0.3 is 15.2 Å². The summed E-state index contributed by atoms with van der Waals surface area (Å²) in [6, 6.07) is 9.54. The SMILES string of the molecule is CCC(CC)NC(CC)c1cccc(OCC[C@]23CCC4C(CC=C5CC(=O)CC[C@@]54C)C2CC[C@@H]3O)c1. The van der Waals surface area contributed by atoms with Crippen LogP contribution in [-0.4, -0.2) is 29.6 Å². The number of ether oxygens (including phenoxy) is 1. The molecule has 5 rings (SSSR count). The van der Waals surface area contributed by atoms with Crippen molar-refractivity contribution in [2.24, 2.45) is 28.6 Å². The van der Waals surface area contributed by atoms with Crippen LogP contribution in [0.4, 0.5) is 0 Å². The van der Waals surface area contributed by atoms with Crippen LogP contribution in [0.25, 0.3) is 0 Å². The molecule has 0 saturated heterocycles. The maximum atomic E-state index is 12.2. The highest BCUT2D eigenvalue weighted by Crippen LogP contribution is 2.65. The Morgan fingerprint density at radius 1 is 1.08 bits per heavy atom. The second kappa shape index (κ2) is 11.5. The molecule has 4 nitrogen and oxygen atoms in total. The van der Waals surface area contributed by atoms with Crippen molar-refractivity contribution in [1.82, 2.24) is 5.32 Å². The van der Waals surface area contributed by atoms with Crippen LogP contribution >= 0.6 is 0 Å². The van der Waals surface area contributed by atoms with E-state index in [-0.39, 0.29) is 16.9 Å². The normalized spacial score (nSPS) is 35.3. The Balaban J connectivity index is 1.26. The molecule has 0 radical (unpaired) electrons. The third kappa shape index (κ3) is 5.01. The smallest absolute Gasteiger partial charge is 0.136 e. The molecule has 38 heavy (non-hydrogen) atoms. The first-order valence-electron chi connectivity index (χ1n) is 15.7. The molecule has 4 unspecified atom stereocenters. The standard InChI is InChI=1S/C34H51NO3/c1-5-25(6-2)35-31(7-3)23-9-8-10-27(21-23)38-20-19-34-18-16-29-28(30(34)13-14-32(34)37)12-11-24-22-26(36)15-17-33(24,29)4/h8-11,21,25,28-32,35,37H,5-7,12-20,22H2,1-4H3/t28?,29?,30?,31?,32-,33-,34+/m0/s1. The van der Waals surface area contributed by atoms with Crippen LogP contribution in [-0.2, 0) is 4.79 Å². The maximum absolute atomic E-state index is 12.2. The topological polar surface area (TPSA) is 58.6 Å². The molecule has 3 fully saturated rings. The summed E-state index contributed by atoms with van der Waals surface area (Å²) in [5, 5.41) is 15.2. The molecule has 4 aliphatic carbocycles. The van der Waals surface area contributed by atoms with E-state index >= 15 is 0 Å². The van der Waals surface area contributed by atoms with Crippen molar-refractivity contribution in [2.45, 2.75) is 123 Å². The van der Waals surface area contributed by atoms with Crippen LogP contribution in [0.1, 0.15) is 116 Å². The molecule has 4 aliphatic rings. The monoisotopic (exact) mass is 521 g/mol. The van der Waals surface area contributed by atoms with E-state index < -0.39 is 0 Å². The Hall–Kier alpha value is -1.65. The van der Waals surface area contributed by atoms with Gasteiger partial charge in [0.25, 0.3) is 0 Å². The van der Waals surface area contributed by atoms with Gasteiger partial charge in [-0.05, 0) is 105 Å². The van der Waals surface area contributed by atoms with Gasteiger partial charge in [-0.1, -0.05) is 51.5 Å². The number of aliphatic hydroxyl groups is 1. The Morgan fingerprint density at radius 3 is 2.66 bits per heavy atom. The molecule has 1 aromatic rings. The van der Waals surface area contributed by atoms with Gasteiger partial charge in [0.1, 0.15) is 11.5 Å². The molecule has 2 N–H and O–H groups in total. The van der Waals surface area contributed by atoms with E-state index in [0.29, 0.717) is 48.6 Å². The first-order valence-corrected chi connectivity index (χ1v) is 15.7. The van der Waals surface area contributed by atoms with Crippen LogP contribution in [0.15, 0.2) is 35.9 Å². The van der Waals surface area contributed by atoms with Gasteiger partial charge >= 0.3 is 0 Å². The summed E-state index contributed by atoms with van der Waals surface area (Å²) in [7, 11) is 0. The fraction of sp³-hybridized carbons (Fsp3) is 0.735. The predicted octanol–water partition coefficient (Wildman–Crippen LogP) is 7.56. The molecule has 7 atom stereocenters. The number of hydrogen-bond acceptors (Lipinski definition) is 4. The number of benzene rings is 1. The quantitative estimate of drug-likeness (QED) is 0.312. The molecule has 0 amide bonds. The van der Waals surface area contributed by atoms with E-state index in [4.69, 9.17) is 4.74 Å². The first kappa shape index (κ1) is 27.9. The summed E-state index contributed by atoms with van der Waals surface area (Å²) < 4.78 is 6.42. The van der Waals surface area contributed by atoms with Gasteiger partial charge in [-0.15, -0.1) is 0 Å². The fourth-order valence-electron chi connectivity index (χ4n) is 9.18. The lowest BCUT2D eigenvalue weighted by atomic mass is 9.47. The fourth-order valence-corrected chi connectivity index (χ4v) is 9.18. The number of carbonyl (C=O) groups excluding carboxylic acids is 1. The molecule has 0 bridgehead atoms. The van der Waals surface area contributed by atoms with Crippen LogP contribution in [0.2, 0.25) is 0 Å². The Bertz CT molecular complexity index is 1010. The number of Topliss-reactive ketones (excluding diaryl/α,β-unsaturated/α-hetero) is 1. The van der Waals surface area contributed by atoms with Crippen molar-refractivity contribution < 1.29 is 14.6 Å². The number of allylic oxidation sites excluding steroid dienone is 2. The van der Waals surface area contributed by atoms with Gasteiger partial charge in [0.15, 0.2) is 0 Å². The van der Waals surface area contributed by atoms with Gasteiger partial charge in [0.05, 0.1) is 12.7 Å². The minimum atomic E-state index is -0.219. The van der Waals surface area contributed by atoms with Crippen LogP contribution in [0, 0.1) is 28.6 Å². The van der Waals surface area contributed by atoms with Gasteiger partial charge in [-0.3, -0.25) is 4.79 Å². The van der Waals surface area contributed by atoms with E-state index in [0.717, 1.165) is 70.0 Å². The predicted molar refractivity (Wildman–Crippen MR) is 154 cm³/mol. The Morgan fingerprint density at radius 2 is 1.89 bits per heavy atom. The lowest BCUT2D eigenvalue weighted by molar-refractivity contribution is -0.123. The number of ketones is 1. The van der Waals surface area contributed by atoms with Gasteiger partial charge in [0, 0.05) is 30.3 Å². The molecule has 0 aliphatic heterocycles. The summed E-state index contributed by atoms with van der Waals surface area (Å²) >= 11 is 0. The summed E-state index contributed by atoms with van der Waals surface area (Å²) in [6.45, 7) is 9.86. The molecule has 0 heterocycles. The molecule has 210 valence electrons. The Kier molecular flexibility index (Phi) is 8.41. The van der Waals surface area contributed by atoms with Gasteiger partial charge in [-0.2, -0.15) is 0 Å². The largest absolute Gasteiger partial charge is 0.494 e. The van der Waals surface area contributed by atoms with Crippen LogP contribution < -0.4 is 10.1 Å². The molecule has 0 spiro atoms. The minimum absolute atomic E-state index is 0.0199. The number of nitrogens with one attached hydrogen (secondary N) is 1. The first-order chi connectivity index (χ1) is 18.3. The number of hydrogen-bond donors (Lipinski definition) is 2. The molecule has 0 aromatic heterocycles. The average molecular weight is 522 g/mol. The number of carbonyl (C=O) groups is 1. The average Bonchev–Trinajstić information content (AvgIpc) is 3.26. The van der Waals surface area contributed by atoms with Crippen molar-refractivity contribution in [2.75, 3.05) is 6.61 Å². The van der Waals surface area contributed by atoms with Crippen molar-refractivity contribution in [3.63, 3.8) is 0 Å². The van der Waals surface area contributed by atoms with Gasteiger partial charge in [-0.25, -0.2) is 0 Å². The second-order valence-corrected chi connectivity index (χ2v) is 13.2. The molecule has 4 heteroatoms. The van der Waals surface area contributed by atoms with E-state index in [2.05, 4.69) is 63.4 Å². The van der Waals surface area contributed by atoms with Crippen molar-refractivity contribution >= 4 is 5.78 Å². The molecular formula is C34H51NO3. The zero-order chi connectivity index (χ0) is 26.9. The van der Waals surface area contributed by atoms with Crippen molar-refractivity contribution in [1.29, 1.82) is 0 Å². The zero-order valence-electron chi connectivity index (χ0n) is 24.3. The summed E-state index contributed by atoms with van der Waals surface area (Å²) in [5.74, 6) is 3.22. The zero-order valence-corrected chi connectivity index (χ0v) is 24.3. The summed E-state index contributed by atoms with van der Waals surface area (Å²) in [4.78, 5) is 12.2. The highest BCUT2D eigenvalue weighted by Gasteiger charge is 2.60. The van der Waals surface area contributed by atoms with E-state index in [9.17, 15) is 9.90 Å². The number of rotatable bonds is 10. The van der Waals surface area contributed by atoms with E-state index in [1.807, 2.05) is 0 Å². The number of fused-ring (bicyclic) bond motifs is 5. The maximum Gasteiger partial charge on any atom is 0.136 e. The summed E-state index contributed by atoms with van der Waals surface area (Å²) in [5.41, 5.74) is 2.89. The molecular weight excluding hydrogens is 470 g/mol. The minimum Gasteiger partial charge on any atom is -0.494 e. The summed E-state index contributed by atoms with van der Waals surface area (Å²) in [6.07, 6.45) is 14.4. The van der Waals surface area contributed by atoms with Crippen molar-refractivity contribution in [3.05, 3.63) is 41.5 Å². The lowest BCUT2D eigenvalue weighted by Gasteiger charge is -2.57. The third-order valence-corrected chi connectivity index (χ3v) is 11.5. The van der Waals surface area contributed by atoms with Crippen LogP contribution in [0.5, 0.6) is 5.75 Å². The number of aliphatic hydroxyl groups excluding tert-OH is 1. The Labute approximate surface area is 231 Å². The van der Waals surface area contributed by atoms with E-state index in [1.54, 1.807) is 0 Å². The molecule has 1 aromatic carbocycles. The van der Waals surface area contributed by atoms with Gasteiger partial charge in [0.2, 0.25) is 0 Å². The second-order valence-electron chi connectivity index (χ2n) is 13.2. The van der Waals surface area contributed by atoms with Crippen LogP contribution in [0.3, 0.4) is 0 Å². The lowest BCUT2D eigenvalue weighted by Crippen LogP contribution is -2.52. The highest BCUT2D eigenvalue weighted by molar-refractivity contribution is 5.82. The molecule has 3 saturated carbocycles.